The molecule has 7 heteroatoms. The number of carbonyl (C=O) groups excluding carboxylic acids is 1. The molecule has 156 valence electrons. The first-order valence-corrected chi connectivity index (χ1v) is 10.4. The van der Waals surface area contributed by atoms with Gasteiger partial charge in [-0.15, -0.1) is 0 Å². The zero-order valence-electron chi connectivity index (χ0n) is 17.2. The van der Waals surface area contributed by atoms with Gasteiger partial charge in [-0.3, -0.25) is 9.48 Å². The van der Waals surface area contributed by atoms with Gasteiger partial charge < -0.3 is 20.1 Å². The van der Waals surface area contributed by atoms with Crippen molar-refractivity contribution < 1.29 is 14.3 Å². The summed E-state index contributed by atoms with van der Waals surface area (Å²) in [5.74, 6) is 1.43. The van der Waals surface area contributed by atoms with Gasteiger partial charge in [0, 0.05) is 56.9 Å². The van der Waals surface area contributed by atoms with E-state index >= 15 is 0 Å². The van der Waals surface area contributed by atoms with Crippen molar-refractivity contribution in [1.82, 2.24) is 20.4 Å². The third-order valence-corrected chi connectivity index (χ3v) is 5.88. The Balaban J connectivity index is 1.38. The lowest BCUT2D eigenvalue weighted by Gasteiger charge is -2.19. The standard InChI is InChI=1S/C22H30N4O3/c1-15-3-4-17(21(7-15)29-14-16-5-6-28-13-16)8-24-22(27)20-11-23-10-19(20)18-9-25-26(2)12-18/h3-4,7,9,12,16,19-20,23H,5-6,8,10-11,13-14H2,1-2H3,(H,24,27)/t16?,19-,20+/m1/s1. The second-order valence-electron chi connectivity index (χ2n) is 8.19. The smallest absolute Gasteiger partial charge is 0.225 e. The predicted molar refractivity (Wildman–Crippen MR) is 110 cm³/mol. The van der Waals surface area contributed by atoms with Crippen molar-refractivity contribution >= 4 is 5.91 Å². The first-order valence-electron chi connectivity index (χ1n) is 10.4. The molecular formula is C22H30N4O3. The highest BCUT2D eigenvalue weighted by Crippen LogP contribution is 2.28. The van der Waals surface area contributed by atoms with Gasteiger partial charge in [-0.05, 0) is 30.5 Å². The number of nitrogens with one attached hydrogen (secondary N) is 2. The van der Waals surface area contributed by atoms with Crippen LogP contribution in [0.2, 0.25) is 0 Å². The molecule has 2 aliphatic heterocycles. The highest BCUT2D eigenvalue weighted by Gasteiger charge is 2.34. The Hall–Kier alpha value is -2.38. The molecule has 29 heavy (non-hydrogen) atoms. The maximum Gasteiger partial charge on any atom is 0.225 e. The van der Waals surface area contributed by atoms with E-state index in [0.717, 1.165) is 48.6 Å². The number of aryl methyl sites for hydroxylation is 2. The highest BCUT2D eigenvalue weighted by molar-refractivity contribution is 5.80. The average molecular weight is 399 g/mol. The van der Waals surface area contributed by atoms with E-state index < -0.39 is 0 Å². The molecule has 0 radical (unpaired) electrons. The van der Waals surface area contributed by atoms with Gasteiger partial charge in [0.1, 0.15) is 5.75 Å². The number of nitrogens with zero attached hydrogens (tertiary/aromatic N) is 2. The fraction of sp³-hybridized carbons (Fsp3) is 0.545. The van der Waals surface area contributed by atoms with Crippen molar-refractivity contribution in [2.24, 2.45) is 18.9 Å². The third kappa shape index (κ3) is 4.79. The summed E-state index contributed by atoms with van der Waals surface area (Å²) in [6.07, 6.45) is 4.90. The van der Waals surface area contributed by atoms with Crippen LogP contribution in [0.25, 0.3) is 0 Å². The van der Waals surface area contributed by atoms with E-state index in [2.05, 4.69) is 28.7 Å². The van der Waals surface area contributed by atoms with Crippen LogP contribution in [0.5, 0.6) is 5.75 Å². The van der Waals surface area contributed by atoms with Gasteiger partial charge in [0.05, 0.1) is 25.3 Å². The molecule has 2 N–H and O–H groups in total. The van der Waals surface area contributed by atoms with Crippen molar-refractivity contribution in [3.63, 3.8) is 0 Å². The fourth-order valence-corrected chi connectivity index (χ4v) is 4.11. The van der Waals surface area contributed by atoms with Gasteiger partial charge in [-0.2, -0.15) is 5.10 Å². The van der Waals surface area contributed by atoms with Gasteiger partial charge in [0.25, 0.3) is 0 Å². The second-order valence-corrected chi connectivity index (χ2v) is 8.19. The molecule has 7 nitrogen and oxygen atoms in total. The molecule has 1 aromatic carbocycles. The molecule has 2 saturated heterocycles. The number of amides is 1. The second kappa shape index (κ2) is 8.97. The zero-order valence-corrected chi connectivity index (χ0v) is 17.2. The lowest BCUT2D eigenvalue weighted by molar-refractivity contribution is -0.125. The summed E-state index contributed by atoms with van der Waals surface area (Å²) in [7, 11) is 1.90. The summed E-state index contributed by atoms with van der Waals surface area (Å²) >= 11 is 0. The van der Waals surface area contributed by atoms with Crippen LogP contribution in [-0.2, 0) is 23.1 Å². The zero-order chi connectivity index (χ0) is 20.2. The van der Waals surface area contributed by atoms with Crippen molar-refractivity contribution in [1.29, 1.82) is 0 Å². The van der Waals surface area contributed by atoms with Gasteiger partial charge >= 0.3 is 0 Å². The molecule has 1 aromatic heterocycles. The van der Waals surface area contributed by atoms with E-state index in [0.29, 0.717) is 25.6 Å². The summed E-state index contributed by atoms with van der Waals surface area (Å²) in [6, 6.07) is 6.15. The topological polar surface area (TPSA) is 77.4 Å². The summed E-state index contributed by atoms with van der Waals surface area (Å²) < 4.78 is 13.3. The van der Waals surface area contributed by atoms with E-state index in [9.17, 15) is 4.79 Å². The van der Waals surface area contributed by atoms with Crippen molar-refractivity contribution in [2.45, 2.75) is 25.8 Å². The van der Waals surface area contributed by atoms with Gasteiger partial charge in [-0.1, -0.05) is 12.1 Å². The lowest BCUT2D eigenvalue weighted by Crippen LogP contribution is -2.34. The highest BCUT2D eigenvalue weighted by atomic mass is 16.5. The summed E-state index contributed by atoms with van der Waals surface area (Å²) in [5.41, 5.74) is 3.26. The molecule has 1 unspecified atom stereocenters. The lowest BCUT2D eigenvalue weighted by atomic mass is 9.90. The number of hydrogen-bond donors (Lipinski definition) is 2. The van der Waals surface area contributed by atoms with E-state index in [1.807, 2.05) is 31.6 Å². The number of carbonyl (C=O) groups is 1. The van der Waals surface area contributed by atoms with Crippen LogP contribution in [0.4, 0.5) is 0 Å². The number of rotatable bonds is 7. The normalized spacial score (nSPS) is 24.0. The summed E-state index contributed by atoms with van der Waals surface area (Å²) in [5, 5.41) is 10.7. The largest absolute Gasteiger partial charge is 0.493 e. The number of benzene rings is 1. The van der Waals surface area contributed by atoms with E-state index in [-0.39, 0.29) is 17.7 Å². The molecule has 0 saturated carbocycles. The molecule has 4 rings (SSSR count). The number of aromatic nitrogens is 2. The minimum absolute atomic E-state index is 0.0690. The minimum Gasteiger partial charge on any atom is -0.493 e. The van der Waals surface area contributed by atoms with Crippen LogP contribution < -0.4 is 15.4 Å². The summed E-state index contributed by atoms with van der Waals surface area (Å²) in [6.45, 7) is 6.24. The fourth-order valence-electron chi connectivity index (χ4n) is 4.11. The Labute approximate surface area is 171 Å². The maximum absolute atomic E-state index is 12.9. The van der Waals surface area contributed by atoms with Crippen LogP contribution >= 0.6 is 0 Å². The Kier molecular flexibility index (Phi) is 6.16. The van der Waals surface area contributed by atoms with Crippen molar-refractivity contribution in [3.05, 3.63) is 47.3 Å². The number of hydrogen-bond acceptors (Lipinski definition) is 5. The third-order valence-electron chi connectivity index (χ3n) is 5.88. The van der Waals surface area contributed by atoms with Crippen molar-refractivity contribution in [2.75, 3.05) is 32.9 Å². The Morgan fingerprint density at radius 2 is 2.31 bits per heavy atom. The van der Waals surface area contributed by atoms with Crippen LogP contribution in [-0.4, -0.2) is 48.6 Å². The molecule has 3 atom stereocenters. The predicted octanol–water partition coefficient (Wildman–Crippen LogP) is 1.76. The van der Waals surface area contributed by atoms with Gasteiger partial charge in [0.15, 0.2) is 0 Å². The van der Waals surface area contributed by atoms with Crippen LogP contribution in [0.15, 0.2) is 30.6 Å². The molecule has 1 amide bonds. The first kappa shape index (κ1) is 19.9. The molecule has 0 bridgehead atoms. The van der Waals surface area contributed by atoms with E-state index in [1.165, 1.54) is 0 Å². The van der Waals surface area contributed by atoms with Crippen LogP contribution in [0, 0.1) is 18.8 Å². The van der Waals surface area contributed by atoms with Crippen molar-refractivity contribution in [3.8, 4) is 5.75 Å². The summed E-state index contributed by atoms with van der Waals surface area (Å²) in [4.78, 5) is 12.9. The Bertz CT molecular complexity index is 844. The molecule has 3 heterocycles. The number of ether oxygens (including phenoxy) is 2. The van der Waals surface area contributed by atoms with Gasteiger partial charge in [0.2, 0.25) is 5.91 Å². The Morgan fingerprint density at radius 3 is 3.07 bits per heavy atom. The quantitative estimate of drug-likeness (QED) is 0.743. The molecule has 0 spiro atoms. The van der Waals surface area contributed by atoms with Crippen LogP contribution in [0.1, 0.15) is 29.0 Å². The molecule has 2 fully saturated rings. The van der Waals surface area contributed by atoms with Crippen LogP contribution in [0.3, 0.4) is 0 Å². The molecular weight excluding hydrogens is 368 g/mol. The monoisotopic (exact) mass is 398 g/mol. The minimum atomic E-state index is -0.0929. The van der Waals surface area contributed by atoms with E-state index in [1.54, 1.807) is 4.68 Å². The molecule has 2 aliphatic rings. The average Bonchev–Trinajstić information content (AvgIpc) is 3.46. The van der Waals surface area contributed by atoms with E-state index in [4.69, 9.17) is 9.47 Å². The van der Waals surface area contributed by atoms with Gasteiger partial charge in [-0.25, -0.2) is 0 Å². The molecule has 0 aliphatic carbocycles. The molecule has 2 aromatic rings. The Morgan fingerprint density at radius 1 is 1.41 bits per heavy atom. The maximum atomic E-state index is 12.9. The first-order chi connectivity index (χ1) is 14.1. The SMILES string of the molecule is Cc1ccc(CNC(=O)[C@H]2CNC[C@@H]2c2cnn(C)c2)c(OCC2CCOC2)c1.